The maximum atomic E-state index is 9.95. The summed E-state index contributed by atoms with van der Waals surface area (Å²) in [5.41, 5.74) is 0. The Bertz CT molecular complexity index is 322. The number of rotatable bonds is 9. The highest BCUT2D eigenvalue weighted by Gasteiger charge is 1.90. The lowest BCUT2D eigenvalue weighted by Gasteiger charge is -1.99. The summed E-state index contributed by atoms with van der Waals surface area (Å²) < 4.78 is 0. The summed E-state index contributed by atoms with van der Waals surface area (Å²) in [4.78, 5) is 9.95. The molecule has 0 unspecified atom stereocenters. The number of carbonyl (C=O) groups is 1. The van der Waals surface area contributed by atoms with Gasteiger partial charge in [0.05, 0.1) is 0 Å². The number of carboxylic acid groups (broad SMARTS) is 1. The Morgan fingerprint density at radius 1 is 0.889 bits per heavy atom. The molecular weight excluding hydrogens is 224 g/mol. The van der Waals surface area contributed by atoms with Gasteiger partial charge in [-0.2, -0.15) is 0 Å². The van der Waals surface area contributed by atoms with Crippen LogP contribution in [0.4, 0.5) is 0 Å². The summed E-state index contributed by atoms with van der Waals surface area (Å²) in [6.45, 7) is 2.23. The summed E-state index contributed by atoms with van der Waals surface area (Å²) in [7, 11) is 0. The van der Waals surface area contributed by atoms with Crippen LogP contribution in [-0.2, 0) is 4.79 Å². The average Bonchev–Trinajstić information content (AvgIpc) is 2.34. The third kappa shape index (κ3) is 14.6. The van der Waals surface area contributed by atoms with Crippen molar-refractivity contribution in [3.05, 3.63) is 0 Å². The van der Waals surface area contributed by atoms with Crippen molar-refractivity contribution in [1.29, 1.82) is 0 Å². The lowest BCUT2D eigenvalue weighted by atomic mass is 10.1. The van der Waals surface area contributed by atoms with Gasteiger partial charge in [0.15, 0.2) is 0 Å². The highest BCUT2D eigenvalue weighted by atomic mass is 16.4. The molecule has 2 heteroatoms. The molecule has 100 valence electrons. The van der Waals surface area contributed by atoms with Crippen molar-refractivity contribution in [3.8, 4) is 23.7 Å². The Morgan fingerprint density at radius 3 is 2.00 bits per heavy atom. The van der Waals surface area contributed by atoms with E-state index in [1.165, 1.54) is 51.4 Å². The molecule has 0 fully saturated rings. The van der Waals surface area contributed by atoms with Crippen LogP contribution in [0.3, 0.4) is 0 Å². The van der Waals surface area contributed by atoms with Crippen LogP contribution in [0.25, 0.3) is 0 Å². The topological polar surface area (TPSA) is 40.1 Å². The van der Waals surface area contributed by atoms with Crippen LogP contribution in [0, 0.1) is 23.7 Å². The molecule has 0 saturated carbocycles. The van der Waals surface area contributed by atoms with Crippen molar-refractivity contribution in [1.82, 2.24) is 0 Å². The quantitative estimate of drug-likeness (QED) is 0.464. The molecule has 0 aromatic carbocycles. The van der Waals surface area contributed by atoms with E-state index in [-0.39, 0.29) is 0 Å². The number of carbonyl (C=O) groups excluding carboxylic acids is 1. The van der Waals surface area contributed by atoms with Crippen LogP contribution in [0.2, 0.25) is 0 Å². The highest BCUT2D eigenvalue weighted by Crippen LogP contribution is 2.09. The van der Waals surface area contributed by atoms with Gasteiger partial charge in [-0.3, -0.25) is 0 Å². The molecule has 0 aliphatic rings. The molecule has 0 radical (unpaired) electrons. The SMILES string of the molecule is CCCCCCCCCCCC#CC#CC(=O)[O-]. The van der Waals surface area contributed by atoms with Crippen molar-refractivity contribution in [2.45, 2.75) is 71.1 Å². The maximum Gasteiger partial charge on any atom is 0.117 e. The normalized spacial score (nSPS) is 8.94. The fourth-order valence-corrected chi connectivity index (χ4v) is 1.71. The van der Waals surface area contributed by atoms with Crippen molar-refractivity contribution in [2.24, 2.45) is 0 Å². The molecule has 18 heavy (non-hydrogen) atoms. The maximum absolute atomic E-state index is 9.95. The lowest BCUT2D eigenvalue weighted by Crippen LogP contribution is -2.19. The molecular formula is C16H23O2-. The molecule has 2 nitrogen and oxygen atoms in total. The molecule has 0 heterocycles. The second kappa shape index (κ2) is 13.7. The molecule has 0 aliphatic carbocycles. The van der Waals surface area contributed by atoms with Crippen LogP contribution in [0.15, 0.2) is 0 Å². The van der Waals surface area contributed by atoms with Crippen LogP contribution >= 0.6 is 0 Å². The number of carboxylic acids is 1. The van der Waals surface area contributed by atoms with E-state index < -0.39 is 5.97 Å². The van der Waals surface area contributed by atoms with E-state index >= 15 is 0 Å². The van der Waals surface area contributed by atoms with Gasteiger partial charge >= 0.3 is 0 Å². The number of unbranched alkanes of at least 4 members (excludes halogenated alkanes) is 9. The zero-order valence-corrected chi connectivity index (χ0v) is 11.4. The zero-order chi connectivity index (χ0) is 13.5. The minimum Gasteiger partial charge on any atom is -0.537 e. The van der Waals surface area contributed by atoms with E-state index in [0.29, 0.717) is 0 Å². The van der Waals surface area contributed by atoms with Gasteiger partial charge in [-0.15, -0.1) is 0 Å². The second-order valence-electron chi connectivity index (χ2n) is 4.42. The van der Waals surface area contributed by atoms with E-state index in [1.807, 2.05) is 5.92 Å². The summed E-state index contributed by atoms with van der Waals surface area (Å²) >= 11 is 0. The first-order valence-electron chi connectivity index (χ1n) is 6.97. The molecule has 0 aromatic heterocycles. The molecule has 0 rings (SSSR count). The number of aliphatic carboxylic acids is 1. The molecule has 0 aliphatic heterocycles. The van der Waals surface area contributed by atoms with Crippen molar-refractivity contribution in [3.63, 3.8) is 0 Å². The Morgan fingerprint density at radius 2 is 1.44 bits per heavy atom. The van der Waals surface area contributed by atoms with Gasteiger partial charge in [-0.05, 0) is 24.2 Å². The molecule has 0 bridgehead atoms. The van der Waals surface area contributed by atoms with E-state index in [2.05, 4.69) is 24.7 Å². The fourth-order valence-electron chi connectivity index (χ4n) is 1.71. The minimum atomic E-state index is -1.37. The first-order chi connectivity index (χ1) is 8.77. The summed E-state index contributed by atoms with van der Waals surface area (Å²) in [6, 6.07) is 0. The first-order valence-corrected chi connectivity index (χ1v) is 6.97. The largest absolute Gasteiger partial charge is 0.537 e. The standard InChI is InChI=1S/C16H24O2/c1-2-3-4-5-6-7-8-9-10-11-12-13-14-15-16(17)18/h2-11H2,1H3,(H,17,18)/p-1. The molecule has 0 saturated heterocycles. The third-order valence-corrected chi connectivity index (χ3v) is 2.72. The van der Waals surface area contributed by atoms with Crippen LogP contribution in [0.1, 0.15) is 71.1 Å². The Balaban J connectivity index is 3.21. The minimum absolute atomic E-state index is 0.803. The fraction of sp³-hybridized carbons (Fsp3) is 0.688. The Kier molecular flexibility index (Phi) is 12.6. The van der Waals surface area contributed by atoms with Crippen molar-refractivity contribution < 1.29 is 9.90 Å². The number of hydrogen-bond donors (Lipinski definition) is 0. The molecule has 0 N–H and O–H groups in total. The van der Waals surface area contributed by atoms with Gasteiger partial charge in [0.2, 0.25) is 0 Å². The van der Waals surface area contributed by atoms with Gasteiger partial charge in [-0.25, -0.2) is 0 Å². The Labute approximate surface area is 111 Å². The summed E-state index contributed by atoms with van der Waals surface area (Å²) in [6.07, 6.45) is 12.4. The number of hydrogen-bond acceptors (Lipinski definition) is 2. The average molecular weight is 247 g/mol. The second-order valence-corrected chi connectivity index (χ2v) is 4.42. The molecule has 0 amide bonds. The lowest BCUT2D eigenvalue weighted by molar-refractivity contribution is -0.295. The highest BCUT2D eigenvalue weighted by molar-refractivity contribution is 5.85. The van der Waals surface area contributed by atoms with Crippen molar-refractivity contribution in [2.75, 3.05) is 0 Å². The van der Waals surface area contributed by atoms with Gasteiger partial charge < -0.3 is 9.90 Å². The molecule has 0 aromatic rings. The van der Waals surface area contributed by atoms with Crippen molar-refractivity contribution >= 4 is 5.97 Å². The molecule has 0 spiro atoms. The third-order valence-electron chi connectivity index (χ3n) is 2.72. The monoisotopic (exact) mass is 247 g/mol. The Hall–Kier alpha value is -1.41. The predicted molar refractivity (Wildman–Crippen MR) is 72.4 cm³/mol. The van der Waals surface area contributed by atoms with Gasteiger partial charge in [0.1, 0.15) is 5.97 Å². The van der Waals surface area contributed by atoms with E-state index in [4.69, 9.17) is 0 Å². The zero-order valence-electron chi connectivity index (χ0n) is 11.4. The van der Waals surface area contributed by atoms with Gasteiger partial charge in [-0.1, -0.05) is 64.2 Å². The summed E-state index contributed by atoms with van der Waals surface area (Å²) in [5, 5.41) is 9.95. The van der Waals surface area contributed by atoms with Gasteiger partial charge in [0, 0.05) is 6.42 Å². The summed E-state index contributed by atoms with van der Waals surface area (Å²) in [5.74, 6) is 8.09. The first kappa shape index (κ1) is 16.6. The van der Waals surface area contributed by atoms with E-state index in [9.17, 15) is 9.90 Å². The van der Waals surface area contributed by atoms with Gasteiger partial charge in [0.25, 0.3) is 0 Å². The molecule has 0 atom stereocenters. The van der Waals surface area contributed by atoms with Crippen LogP contribution < -0.4 is 5.11 Å². The van der Waals surface area contributed by atoms with E-state index in [1.54, 1.807) is 0 Å². The van der Waals surface area contributed by atoms with Crippen LogP contribution in [0.5, 0.6) is 0 Å². The van der Waals surface area contributed by atoms with Crippen LogP contribution in [-0.4, -0.2) is 5.97 Å². The smallest absolute Gasteiger partial charge is 0.117 e. The predicted octanol–water partition coefficient (Wildman–Crippen LogP) is 2.66. The van der Waals surface area contributed by atoms with E-state index in [0.717, 1.165) is 12.8 Å².